The van der Waals surface area contributed by atoms with E-state index in [1.807, 2.05) is 0 Å². The van der Waals surface area contributed by atoms with E-state index in [9.17, 15) is 10.1 Å². The summed E-state index contributed by atoms with van der Waals surface area (Å²) in [6, 6.07) is 2.12. The van der Waals surface area contributed by atoms with Crippen molar-refractivity contribution < 1.29 is 9.53 Å². The monoisotopic (exact) mass is 279 g/mol. The molecule has 0 amide bonds. The Kier molecular flexibility index (Phi) is 4.08. The Labute approximate surface area is 116 Å². The minimum atomic E-state index is -0.0853. The van der Waals surface area contributed by atoms with E-state index in [2.05, 4.69) is 11.0 Å². The molecule has 2 N–H and O–H groups in total. The van der Waals surface area contributed by atoms with Crippen LogP contribution in [0.3, 0.4) is 0 Å². The van der Waals surface area contributed by atoms with Gasteiger partial charge in [0.15, 0.2) is 5.78 Å². The number of carbonyl (C=O) groups excluding carboxylic acids is 1. The van der Waals surface area contributed by atoms with Crippen LogP contribution in [-0.4, -0.2) is 32.6 Å². The molecule has 1 atom stereocenters. The molecule has 1 unspecified atom stereocenters. The predicted molar refractivity (Wildman–Crippen MR) is 75.6 cm³/mol. The van der Waals surface area contributed by atoms with Crippen LogP contribution in [0, 0.1) is 17.2 Å². The maximum Gasteiger partial charge on any atom is 0.171 e. The topological polar surface area (TPSA) is 79.3 Å². The lowest BCUT2D eigenvalue weighted by Gasteiger charge is -2.16. The number of nitrogen functional groups attached to an aromatic ring is 1. The van der Waals surface area contributed by atoms with Gasteiger partial charge in [-0.3, -0.25) is 4.79 Å². The molecule has 1 saturated heterocycles. The van der Waals surface area contributed by atoms with Crippen LogP contribution in [0.1, 0.15) is 28.6 Å². The number of nitrogens with zero attached hydrogens (tertiary/aromatic N) is 2. The van der Waals surface area contributed by atoms with E-state index < -0.39 is 0 Å². The number of rotatable bonds is 4. The van der Waals surface area contributed by atoms with Crippen molar-refractivity contribution in [1.82, 2.24) is 0 Å². The number of hydrogen-bond acceptors (Lipinski definition) is 6. The zero-order chi connectivity index (χ0) is 14.0. The van der Waals surface area contributed by atoms with E-state index in [0.717, 1.165) is 31.1 Å². The molecule has 102 valence electrons. The first-order valence-electron chi connectivity index (χ1n) is 6.15. The molecule has 2 rings (SSSR count). The number of nitrogens with two attached hydrogens (primary N) is 1. The molecular formula is C13H17N3O2S. The molecule has 6 heteroatoms. The Morgan fingerprint density at radius 3 is 3.00 bits per heavy atom. The molecule has 1 aromatic rings. The van der Waals surface area contributed by atoms with Crippen molar-refractivity contribution in [2.75, 3.05) is 37.4 Å². The van der Waals surface area contributed by atoms with Crippen molar-refractivity contribution in [3.63, 3.8) is 0 Å². The van der Waals surface area contributed by atoms with E-state index in [0.29, 0.717) is 22.0 Å². The van der Waals surface area contributed by atoms with E-state index in [1.165, 1.54) is 18.3 Å². The maximum atomic E-state index is 11.5. The fourth-order valence-corrected chi connectivity index (χ4v) is 3.51. The van der Waals surface area contributed by atoms with Gasteiger partial charge in [-0.25, -0.2) is 0 Å². The molecule has 19 heavy (non-hydrogen) atoms. The highest BCUT2D eigenvalue weighted by Crippen LogP contribution is 2.40. The normalized spacial score (nSPS) is 18.6. The van der Waals surface area contributed by atoms with Crippen molar-refractivity contribution in [1.29, 1.82) is 5.26 Å². The molecule has 0 aliphatic carbocycles. The fourth-order valence-electron chi connectivity index (χ4n) is 2.41. The van der Waals surface area contributed by atoms with Crippen LogP contribution in [0.15, 0.2) is 0 Å². The van der Waals surface area contributed by atoms with Crippen molar-refractivity contribution in [3.8, 4) is 6.07 Å². The average Bonchev–Trinajstić information content (AvgIpc) is 2.93. The third-order valence-corrected chi connectivity index (χ3v) is 4.70. The van der Waals surface area contributed by atoms with Gasteiger partial charge in [0, 0.05) is 33.0 Å². The lowest BCUT2D eigenvalue weighted by molar-refractivity contribution is 0.102. The molecule has 0 spiro atoms. The van der Waals surface area contributed by atoms with Crippen LogP contribution in [0.2, 0.25) is 0 Å². The lowest BCUT2D eigenvalue weighted by atomic mass is 10.1. The summed E-state index contributed by atoms with van der Waals surface area (Å²) in [5.41, 5.74) is 6.65. The van der Waals surface area contributed by atoms with Gasteiger partial charge in [0.2, 0.25) is 0 Å². The molecule has 1 fully saturated rings. The summed E-state index contributed by atoms with van der Waals surface area (Å²) in [7, 11) is 1.69. The Hall–Kier alpha value is -1.58. The summed E-state index contributed by atoms with van der Waals surface area (Å²) < 4.78 is 5.17. The van der Waals surface area contributed by atoms with Crippen molar-refractivity contribution in [2.24, 2.45) is 5.92 Å². The maximum absolute atomic E-state index is 11.5. The van der Waals surface area contributed by atoms with Gasteiger partial charge in [-0.05, 0) is 6.42 Å². The number of anilines is 2. The number of thiophene rings is 1. The second-order valence-corrected chi connectivity index (χ2v) is 5.75. The number of ether oxygens (including phenoxy) is 1. The molecule has 0 bridgehead atoms. The largest absolute Gasteiger partial charge is 0.396 e. The van der Waals surface area contributed by atoms with E-state index in [1.54, 1.807) is 7.11 Å². The Morgan fingerprint density at radius 1 is 1.68 bits per heavy atom. The second kappa shape index (κ2) is 5.59. The first kappa shape index (κ1) is 13.8. The summed E-state index contributed by atoms with van der Waals surface area (Å²) >= 11 is 1.32. The van der Waals surface area contributed by atoms with Crippen molar-refractivity contribution in [3.05, 3.63) is 10.4 Å². The van der Waals surface area contributed by atoms with Crippen molar-refractivity contribution >= 4 is 27.8 Å². The highest BCUT2D eigenvalue weighted by atomic mass is 32.1. The number of nitriles is 1. The second-order valence-electron chi connectivity index (χ2n) is 4.75. The van der Waals surface area contributed by atoms with Crippen LogP contribution >= 0.6 is 11.3 Å². The Bertz CT molecular complexity index is 533. The van der Waals surface area contributed by atoms with Gasteiger partial charge in [0.05, 0.1) is 17.2 Å². The zero-order valence-corrected chi connectivity index (χ0v) is 11.9. The SMILES string of the molecule is COCC1CCN(c2sc(C(C)=O)c(N)c2C#N)C1. The van der Waals surface area contributed by atoms with Gasteiger partial charge in [-0.2, -0.15) is 5.26 Å². The number of ketones is 1. The number of Topliss-reactive ketones (excluding diaryl/α,β-unsaturated/α-hetero) is 1. The Morgan fingerprint density at radius 2 is 2.42 bits per heavy atom. The van der Waals surface area contributed by atoms with Gasteiger partial charge in [-0.15, -0.1) is 11.3 Å². The molecule has 5 nitrogen and oxygen atoms in total. The highest BCUT2D eigenvalue weighted by molar-refractivity contribution is 7.19. The summed E-state index contributed by atoms with van der Waals surface area (Å²) in [5, 5.41) is 10.1. The molecule has 1 aliphatic heterocycles. The molecule has 0 aromatic carbocycles. The van der Waals surface area contributed by atoms with Gasteiger partial charge in [0.25, 0.3) is 0 Å². The molecule has 0 radical (unpaired) electrons. The first-order valence-corrected chi connectivity index (χ1v) is 6.97. The van der Waals surface area contributed by atoms with Crippen LogP contribution < -0.4 is 10.6 Å². The molecule has 1 aliphatic rings. The molecule has 2 heterocycles. The summed E-state index contributed by atoms with van der Waals surface area (Å²) in [6.45, 7) is 3.92. The standard InChI is InChI=1S/C13H17N3O2S/c1-8(17)12-11(15)10(5-14)13(19-12)16-4-3-9(6-16)7-18-2/h9H,3-4,6-7,15H2,1-2H3. The summed E-state index contributed by atoms with van der Waals surface area (Å²) in [4.78, 5) is 14.1. The van der Waals surface area contributed by atoms with E-state index in [4.69, 9.17) is 10.5 Å². The quantitative estimate of drug-likeness (QED) is 0.851. The summed E-state index contributed by atoms with van der Waals surface area (Å²) in [5.74, 6) is 0.388. The van der Waals surface area contributed by atoms with Crippen LogP contribution in [0.25, 0.3) is 0 Å². The molecular weight excluding hydrogens is 262 g/mol. The predicted octanol–water partition coefficient (Wildman–Crippen LogP) is 1.88. The number of methoxy groups -OCH3 is 1. The van der Waals surface area contributed by atoms with E-state index in [-0.39, 0.29) is 5.78 Å². The molecule has 1 aromatic heterocycles. The zero-order valence-electron chi connectivity index (χ0n) is 11.1. The lowest BCUT2D eigenvalue weighted by Crippen LogP contribution is -2.20. The van der Waals surface area contributed by atoms with Crippen LogP contribution in [0.5, 0.6) is 0 Å². The average molecular weight is 279 g/mol. The minimum Gasteiger partial charge on any atom is -0.396 e. The Balaban J connectivity index is 2.28. The summed E-state index contributed by atoms with van der Waals surface area (Å²) in [6.07, 6.45) is 1.03. The van der Waals surface area contributed by atoms with Gasteiger partial charge >= 0.3 is 0 Å². The number of hydrogen-bond donors (Lipinski definition) is 1. The van der Waals surface area contributed by atoms with Crippen LogP contribution in [-0.2, 0) is 4.74 Å². The first-order chi connectivity index (χ1) is 9.08. The smallest absolute Gasteiger partial charge is 0.171 e. The molecule has 0 saturated carbocycles. The van der Waals surface area contributed by atoms with Gasteiger partial charge in [0.1, 0.15) is 16.6 Å². The fraction of sp³-hybridized carbons (Fsp3) is 0.538. The third kappa shape index (κ3) is 2.57. The number of carbonyl (C=O) groups is 1. The van der Waals surface area contributed by atoms with E-state index >= 15 is 0 Å². The van der Waals surface area contributed by atoms with Gasteiger partial charge in [-0.1, -0.05) is 0 Å². The minimum absolute atomic E-state index is 0.0853. The highest BCUT2D eigenvalue weighted by Gasteiger charge is 2.28. The third-order valence-electron chi connectivity index (χ3n) is 3.33. The van der Waals surface area contributed by atoms with Crippen molar-refractivity contribution in [2.45, 2.75) is 13.3 Å². The van der Waals surface area contributed by atoms with Gasteiger partial charge < -0.3 is 15.4 Å². The van der Waals surface area contributed by atoms with Crippen LogP contribution in [0.4, 0.5) is 10.7 Å².